The fourth-order valence-electron chi connectivity index (χ4n) is 4.75. The molecule has 6 nitrogen and oxygen atoms in total. The number of rotatable bonds is 7. The van der Waals surface area contributed by atoms with Crippen molar-refractivity contribution in [2.24, 2.45) is 0 Å². The smallest absolute Gasteiger partial charge is 0.173 e. The monoisotopic (exact) mass is 453 g/mol. The molecular formula is C28H31N5O. The highest BCUT2D eigenvalue weighted by Gasteiger charge is 2.35. The van der Waals surface area contributed by atoms with Crippen LogP contribution in [0.3, 0.4) is 0 Å². The summed E-state index contributed by atoms with van der Waals surface area (Å²) in [6.45, 7) is 10.6. The van der Waals surface area contributed by atoms with Crippen LogP contribution in [0, 0.1) is 25.2 Å². The van der Waals surface area contributed by atoms with E-state index in [1.807, 2.05) is 49.6 Å². The molecule has 0 unspecified atom stereocenters. The Morgan fingerprint density at radius 3 is 2.24 bits per heavy atom. The van der Waals surface area contributed by atoms with Gasteiger partial charge in [-0.1, -0.05) is 24.8 Å². The lowest BCUT2D eigenvalue weighted by Crippen LogP contribution is -2.37. The van der Waals surface area contributed by atoms with E-state index in [9.17, 15) is 5.26 Å². The molecule has 1 N–H and O–H groups in total. The highest BCUT2D eigenvalue weighted by Crippen LogP contribution is 2.43. The third-order valence-electron chi connectivity index (χ3n) is 6.35. The van der Waals surface area contributed by atoms with Crippen LogP contribution in [0.1, 0.15) is 71.9 Å². The van der Waals surface area contributed by atoms with Crippen LogP contribution in [-0.4, -0.2) is 14.9 Å². The molecule has 0 bridgehead atoms. The van der Waals surface area contributed by atoms with Crippen molar-refractivity contribution in [2.75, 3.05) is 0 Å². The Bertz CT molecular complexity index is 1160. The fraction of sp³-hybridized carbons (Fsp3) is 0.321. The van der Waals surface area contributed by atoms with E-state index < -0.39 is 0 Å². The maximum absolute atomic E-state index is 9.53. The van der Waals surface area contributed by atoms with Crippen LogP contribution in [0.4, 0.5) is 0 Å². The second-order valence-electron chi connectivity index (χ2n) is 8.97. The van der Waals surface area contributed by atoms with Crippen molar-refractivity contribution in [1.29, 1.82) is 5.26 Å². The average Bonchev–Trinajstić information content (AvgIpc) is 2.84. The standard InChI is InChI=1S/C28H31N5O/c1-19(2)32-34-26-16-22(12-13-23(26)17-29)18-33-24(27-20(3)8-6-14-30-27)10-5-11-25(33)28-21(4)9-7-15-31-28/h6-9,12-16,24-25,32H,1,5,10-11,18H2,2-4H3/t24-,25+. The topological polar surface area (TPSA) is 74.1 Å². The molecule has 0 spiro atoms. The summed E-state index contributed by atoms with van der Waals surface area (Å²) in [5.41, 5.74) is 9.62. The first-order valence-electron chi connectivity index (χ1n) is 11.7. The van der Waals surface area contributed by atoms with E-state index in [4.69, 9.17) is 14.8 Å². The molecule has 1 aromatic carbocycles. The number of nitrogens with zero attached hydrogens (tertiary/aromatic N) is 4. The van der Waals surface area contributed by atoms with Gasteiger partial charge in [0.1, 0.15) is 6.07 Å². The molecule has 0 saturated carbocycles. The molecule has 1 aliphatic heterocycles. The first kappa shape index (κ1) is 23.5. The molecule has 174 valence electrons. The van der Waals surface area contributed by atoms with Crippen molar-refractivity contribution in [3.8, 4) is 11.8 Å². The average molecular weight is 454 g/mol. The molecule has 2 aromatic heterocycles. The number of allylic oxidation sites excluding steroid dienone is 1. The SMILES string of the molecule is C=C(C)NOc1cc(CN2[C@@H](c3ncccc3C)CCC[C@H]2c2ncccc2C)ccc1C#N. The van der Waals surface area contributed by atoms with Crippen LogP contribution in [0.25, 0.3) is 0 Å². The van der Waals surface area contributed by atoms with Crippen molar-refractivity contribution in [3.05, 3.63) is 101 Å². The Balaban J connectivity index is 1.74. The number of aryl methyl sites for hydroxylation is 2. The number of aromatic nitrogens is 2. The summed E-state index contributed by atoms with van der Waals surface area (Å²) in [5, 5.41) is 9.53. The van der Waals surface area contributed by atoms with Gasteiger partial charge in [-0.2, -0.15) is 5.26 Å². The van der Waals surface area contributed by atoms with E-state index in [2.05, 4.69) is 49.0 Å². The van der Waals surface area contributed by atoms with Crippen LogP contribution in [0.5, 0.6) is 5.75 Å². The molecule has 0 aliphatic carbocycles. The molecule has 34 heavy (non-hydrogen) atoms. The Morgan fingerprint density at radius 1 is 1.09 bits per heavy atom. The van der Waals surface area contributed by atoms with Gasteiger partial charge in [0.25, 0.3) is 0 Å². The molecule has 0 amide bonds. The summed E-state index contributed by atoms with van der Waals surface area (Å²) in [7, 11) is 0. The van der Waals surface area contributed by atoms with Crippen molar-refractivity contribution < 1.29 is 4.84 Å². The normalized spacial score (nSPS) is 18.2. The first-order valence-corrected chi connectivity index (χ1v) is 11.7. The van der Waals surface area contributed by atoms with Gasteiger partial charge in [0, 0.05) is 24.6 Å². The van der Waals surface area contributed by atoms with E-state index in [1.165, 1.54) is 11.1 Å². The molecule has 1 saturated heterocycles. The number of nitriles is 1. The van der Waals surface area contributed by atoms with Crippen LogP contribution >= 0.6 is 0 Å². The minimum atomic E-state index is 0.176. The minimum Gasteiger partial charge on any atom is -0.381 e. The van der Waals surface area contributed by atoms with Gasteiger partial charge in [-0.15, -0.1) is 0 Å². The number of hydrogen-bond donors (Lipinski definition) is 1. The number of nitrogens with one attached hydrogen (secondary N) is 1. The summed E-state index contributed by atoms with van der Waals surface area (Å²) in [6.07, 6.45) is 6.95. The quantitative estimate of drug-likeness (QED) is 0.452. The third-order valence-corrected chi connectivity index (χ3v) is 6.35. The predicted octanol–water partition coefficient (Wildman–Crippen LogP) is 5.85. The summed E-state index contributed by atoms with van der Waals surface area (Å²) < 4.78 is 0. The van der Waals surface area contributed by atoms with Crippen LogP contribution in [-0.2, 0) is 6.54 Å². The number of likely N-dealkylation sites (tertiary alicyclic amines) is 1. The van der Waals surface area contributed by atoms with Crippen molar-refractivity contribution in [1.82, 2.24) is 20.3 Å². The number of piperidine rings is 1. The third kappa shape index (κ3) is 5.11. The molecule has 4 rings (SSSR count). The van der Waals surface area contributed by atoms with E-state index >= 15 is 0 Å². The van der Waals surface area contributed by atoms with Crippen molar-refractivity contribution in [3.63, 3.8) is 0 Å². The highest BCUT2D eigenvalue weighted by atomic mass is 16.6. The van der Waals surface area contributed by atoms with E-state index in [1.54, 1.807) is 0 Å². The molecule has 1 fully saturated rings. The summed E-state index contributed by atoms with van der Waals surface area (Å²) in [5.74, 6) is 0.496. The molecule has 1 aliphatic rings. The maximum atomic E-state index is 9.53. The van der Waals surface area contributed by atoms with Gasteiger partial charge >= 0.3 is 0 Å². The number of benzene rings is 1. The zero-order valence-electron chi connectivity index (χ0n) is 20.1. The van der Waals surface area contributed by atoms with Crippen LogP contribution in [0.2, 0.25) is 0 Å². The summed E-state index contributed by atoms with van der Waals surface area (Å²) in [4.78, 5) is 17.8. The highest BCUT2D eigenvalue weighted by molar-refractivity contribution is 5.45. The Hall–Kier alpha value is -3.69. The van der Waals surface area contributed by atoms with E-state index in [0.29, 0.717) is 23.6 Å². The Labute approximate surface area is 201 Å². The van der Waals surface area contributed by atoms with Gasteiger partial charge in [0.2, 0.25) is 0 Å². The number of hydroxylamine groups is 1. The second kappa shape index (κ2) is 10.5. The van der Waals surface area contributed by atoms with Gasteiger partial charge < -0.3 is 4.84 Å². The van der Waals surface area contributed by atoms with Gasteiger partial charge in [-0.05, 0) is 81.0 Å². The van der Waals surface area contributed by atoms with Crippen LogP contribution in [0.15, 0.2) is 67.1 Å². The van der Waals surface area contributed by atoms with Crippen molar-refractivity contribution >= 4 is 0 Å². The lowest BCUT2D eigenvalue weighted by atomic mass is 9.88. The zero-order chi connectivity index (χ0) is 24.1. The van der Waals surface area contributed by atoms with E-state index in [0.717, 1.165) is 36.2 Å². The lowest BCUT2D eigenvalue weighted by Gasteiger charge is -2.42. The van der Waals surface area contributed by atoms with Crippen molar-refractivity contribution in [2.45, 2.75) is 58.7 Å². The minimum absolute atomic E-state index is 0.176. The number of pyridine rings is 2. The van der Waals surface area contributed by atoms with E-state index in [-0.39, 0.29) is 12.1 Å². The molecular weight excluding hydrogens is 422 g/mol. The molecule has 2 atom stereocenters. The summed E-state index contributed by atoms with van der Waals surface area (Å²) >= 11 is 0. The van der Waals surface area contributed by atoms with Gasteiger partial charge in [0.15, 0.2) is 5.75 Å². The maximum Gasteiger partial charge on any atom is 0.173 e. The van der Waals surface area contributed by atoms with Gasteiger partial charge in [-0.25, -0.2) is 5.48 Å². The lowest BCUT2D eigenvalue weighted by molar-refractivity contribution is 0.0677. The molecule has 3 aromatic rings. The van der Waals surface area contributed by atoms with Gasteiger partial charge in [0.05, 0.1) is 29.0 Å². The molecule has 6 heteroatoms. The Kier molecular flexibility index (Phi) is 7.24. The van der Waals surface area contributed by atoms with Crippen LogP contribution < -0.4 is 10.3 Å². The first-order chi connectivity index (χ1) is 16.5. The largest absolute Gasteiger partial charge is 0.381 e. The molecule has 3 heterocycles. The molecule has 0 radical (unpaired) electrons. The number of hydrogen-bond acceptors (Lipinski definition) is 6. The van der Waals surface area contributed by atoms with Gasteiger partial charge in [-0.3, -0.25) is 14.9 Å². The fourth-order valence-corrected chi connectivity index (χ4v) is 4.75. The Morgan fingerprint density at radius 2 is 1.71 bits per heavy atom. The second-order valence-corrected chi connectivity index (χ2v) is 8.97. The zero-order valence-corrected chi connectivity index (χ0v) is 20.1. The summed E-state index contributed by atoms with van der Waals surface area (Å²) in [6, 6.07) is 16.6. The predicted molar refractivity (Wildman–Crippen MR) is 133 cm³/mol.